The average molecular weight is 249 g/mol. The first-order chi connectivity index (χ1) is 8.73. The van der Waals surface area contributed by atoms with Gasteiger partial charge >= 0.3 is 0 Å². The van der Waals surface area contributed by atoms with Gasteiger partial charge in [0.15, 0.2) is 0 Å². The third-order valence-electron chi connectivity index (χ3n) is 4.30. The number of hydrogen-bond donors (Lipinski definition) is 1. The van der Waals surface area contributed by atoms with Crippen molar-refractivity contribution in [2.45, 2.75) is 76.4 Å². The van der Waals surface area contributed by atoms with Gasteiger partial charge in [0.25, 0.3) is 0 Å². The number of nitrogens with zero attached hydrogens (tertiary/aromatic N) is 2. The molecule has 2 aliphatic rings. The molecule has 2 atom stereocenters. The maximum absolute atomic E-state index is 9.52. The lowest BCUT2D eigenvalue weighted by molar-refractivity contribution is 0.192. The normalized spacial score (nSPS) is 31.8. The highest BCUT2D eigenvalue weighted by Gasteiger charge is 2.44. The number of hydrogen-bond acceptors (Lipinski definition) is 3. The Morgan fingerprint density at radius 3 is 2.39 bits per heavy atom. The second kappa shape index (κ2) is 6.04. The highest BCUT2D eigenvalue weighted by molar-refractivity contribution is 5.15. The molecule has 0 amide bonds. The summed E-state index contributed by atoms with van der Waals surface area (Å²) in [6.45, 7) is 6.86. The molecule has 18 heavy (non-hydrogen) atoms. The first kappa shape index (κ1) is 13.8. The molecule has 0 aromatic rings. The minimum absolute atomic E-state index is 0.217. The Bertz CT molecular complexity index is 299. The maximum Gasteiger partial charge on any atom is 0.108 e. The summed E-state index contributed by atoms with van der Waals surface area (Å²) in [5, 5.41) is 13.1. The van der Waals surface area contributed by atoms with Crippen LogP contribution >= 0.6 is 0 Å². The zero-order valence-corrected chi connectivity index (χ0v) is 11.9. The van der Waals surface area contributed by atoms with Gasteiger partial charge < -0.3 is 4.90 Å². The maximum atomic E-state index is 9.52. The Morgan fingerprint density at radius 1 is 1.22 bits per heavy atom. The largest absolute Gasteiger partial charge is 0.300 e. The van der Waals surface area contributed by atoms with Crippen LogP contribution in [0.5, 0.6) is 0 Å². The molecule has 2 saturated carbocycles. The number of rotatable bonds is 7. The first-order valence-electron chi connectivity index (χ1n) is 7.66. The Kier molecular flexibility index (Phi) is 4.64. The lowest BCUT2D eigenvalue weighted by atomic mass is 9.99. The molecule has 3 heteroatoms. The van der Waals surface area contributed by atoms with E-state index in [1.807, 2.05) is 0 Å². The molecule has 0 aromatic carbocycles. The van der Waals surface area contributed by atoms with Crippen LogP contribution in [0.15, 0.2) is 0 Å². The molecule has 2 rings (SSSR count). The van der Waals surface area contributed by atoms with E-state index < -0.39 is 0 Å². The standard InChI is InChI=1S/C15H27N3/c1-3-9-18(10-4-2)14-7-8-15(11-14,12-16)17-13-5-6-13/h13-14,17H,3-11H2,1-2H3. The van der Waals surface area contributed by atoms with Crippen molar-refractivity contribution in [2.75, 3.05) is 13.1 Å². The van der Waals surface area contributed by atoms with Crippen LogP contribution < -0.4 is 5.32 Å². The quantitative estimate of drug-likeness (QED) is 0.754. The highest BCUT2D eigenvalue weighted by Crippen LogP contribution is 2.36. The summed E-state index contributed by atoms with van der Waals surface area (Å²) in [6, 6.07) is 3.83. The van der Waals surface area contributed by atoms with Crippen LogP contribution in [0.4, 0.5) is 0 Å². The molecule has 0 aliphatic heterocycles. The summed E-state index contributed by atoms with van der Waals surface area (Å²) < 4.78 is 0. The van der Waals surface area contributed by atoms with Gasteiger partial charge in [-0.1, -0.05) is 13.8 Å². The van der Waals surface area contributed by atoms with Crippen molar-refractivity contribution in [1.82, 2.24) is 10.2 Å². The molecule has 0 saturated heterocycles. The van der Waals surface area contributed by atoms with E-state index in [0.29, 0.717) is 12.1 Å². The van der Waals surface area contributed by atoms with Gasteiger partial charge in [-0.15, -0.1) is 0 Å². The summed E-state index contributed by atoms with van der Waals surface area (Å²) in [7, 11) is 0. The summed E-state index contributed by atoms with van der Waals surface area (Å²) in [5.41, 5.74) is -0.217. The van der Waals surface area contributed by atoms with Gasteiger partial charge in [-0.3, -0.25) is 5.32 Å². The molecule has 0 spiro atoms. The Labute approximate surface area is 112 Å². The zero-order valence-electron chi connectivity index (χ0n) is 11.9. The molecule has 3 nitrogen and oxygen atoms in total. The fourth-order valence-corrected chi connectivity index (χ4v) is 3.27. The molecule has 2 unspecified atom stereocenters. The fraction of sp³-hybridized carbons (Fsp3) is 0.933. The van der Waals surface area contributed by atoms with E-state index in [2.05, 4.69) is 30.1 Å². The van der Waals surface area contributed by atoms with E-state index in [9.17, 15) is 5.26 Å². The summed E-state index contributed by atoms with van der Waals surface area (Å²) in [4.78, 5) is 2.60. The molecule has 0 aromatic heterocycles. The first-order valence-corrected chi connectivity index (χ1v) is 7.66. The van der Waals surface area contributed by atoms with E-state index in [-0.39, 0.29) is 5.54 Å². The van der Waals surface area contributed by atoms with Gasteiger partial charge in [-0.05, 0) is 58.0 Å². The van der Waals surface area contributed by atoms with Crippen molar-refractivity contribution in [3.05, 3.63) is 0 Å². The molecule has 0 radical (unpaired) electrons. The van der Waals surface area contributed by atoms with E-state index in [4.69, 9.17) is 0 Å². The van der Waals surface area contributed by atoms with E-state index in [1.165, 1.54) is 45.2 Å². The van der Waals surface area contributed by atoms with Crippen molar-refractivity contribution < 1.29 is 0 Å². The molecule has 1 N–H and O–H groups in total. The number of nitriles is 1. The van der Waals surface area contributed by atoms with Crippen molar-refractivity contribution in [2.24, 2.45) is 0 Å². The van der Waals surface area contributed by atoms with Crippen LogP contribution in [0.25, 0.3) is 0 Å². The van der Waals surface area contributed by atoms with Crippen LogP contribution in [-0.2, 0) is 0 Å². The van der Waals surface area contributed by atoms with Crippen LogP contribution in [0, 0.1) is 11.3 Å². The smallest absolute Gasteiger partial charge is 0.108 e. The van der Waals surface area contributed by atoms with Crippen molar-refractivity contribution >= 4 is 0 Å². The summed E-state index contributed by atoms with van der Waals surface area (Å²) in [5.74, 6) is 0. The minimum Gasteiger partial charge on any atom is -0.300 e. The number of nitrogens with one attached hydrogen (secondary N) is 1. The fourth-order valence-electron chi connectivity index (χ4n) is 3.27. The van der Waals surface area contributed by atoms with Crippen LogP contribution in [-0.4, -0.2) is 35.6 Å². The molecule has 2 aliphatic carbocycles. The van der Waals surface area contributed by atoms with Gasteiger partial charge in [0.1, 0.15) is 5.54 Å². The molecule has 102 valence electrons. The van der Waals surface area contributed by atoms with Crippen LogP contribution in [0.3, 0.4) is 0 Å². The van der Waals surface area contributed by atoms with Crippen molar-refractivity contribution in [1.29, 1.82) is 5.26 Å². The molecule has 0 bridgehead atoms. The molecular formula is C15H27N3. The molecule has 2 fully saturated rings. The third-order valence-corrected chi connectivity index (χ3v) is 4.30. The van der Waals surface area contributed by atoms with Gasteiger partial charge in [0.05, 0.1) is 6.07 Å². The van der Waals surface area contributed by atoms with E-state index in [1.54, 1.807) is 0 Å². The van der Waals surface area contributed by atoms with Gasteiger partial charge in [-0.2, -0.15) is 5.26 Å². The van der Waals surface area contributed by atoms with Gasteiger partial charge in [0, 0.05) is 12.1 Å². The Balaban J connectivity index is 1.93. The monoisotopic (exact) mass is 249 g/mol. The van der Waals surface area contributed by atoms with Gasteiger partial charge in [-0.25, -0.2) is 0 Å². The molecule has 0 heterocycles. The highest BCUT2D eigenvalue weighted by atomic mass is 15.2. The lowest BCUT2D eigenvalue weighted by Gasteiger charge is -2.30. The Hall–Kier alpha value is -0.590. The third kappa shape index (κ3) is 3.24. The van der Waals surface area contributed by atoms with E-state index >= 15 is 0 Å². The van der Waals surface area contributed by atoms with Crippen LogP contribution in [0.1, 0.15) is 58.8 Å². The average Bonchev–Trinajstić information content (AvgIpc) is 3.07. The summed E-state index contributed by atoms with van der Waals surface area (Å²) in [6.07, 6.45) is 8.21. The summed E-state index contributed by atoms with van der Waals surface area (Å²) >= 11 is 0. The zero-order chi connectivity index (χ0) is 13.0. The SMILES string of the molecule is CCCN(CCC)C1CCC(C#N)(NC2CC2)C1. The molecular weight excluding hydrogens is 222 g/mol. The predicted octanol–water partition coefficient (Wildman–Crippen LogP) is 2.68. The van der Waals surface area contributed by atoms with E-state index in [0.717, 1.165) is 12.8 Å². The Morgan fingerprint density at radius 2 is 1.89 bits per heavy atom. The second-order valence-corrected chi connectivity index (χ2v) is 6.05. The second-order valence-electron chi connectivity index (χ2n) is 6.05. The minimum atomic E-state index is -0.217. The van der Waals surface area contributed by atoms with Crippen molar-refractivity contribution in [3.63, 3.8) is 0 Å². The topological polar surface area (TPSA) is 39.1 Å². The predicted molar refractivity (Wildman–Crippen MR) is 74.3 cm³/mol. The van der Waals surface area contributed by atoms with Crippen molar-refractivity contribution in [3.8, 4) is 6.07 Å². The van der Waals surface area contributed by atoms with Crippen LogP contribution in [0.2, 0.25) is 0 Å². The lowest BCUT2D eigenvalue weighted by Crippen LogP contribution is -2.45. The van der Waals surface area contributed by atoms with Gasteiger partial charge in [0.2, 0.25) is 0 Å².